The Hall–Kier alpha value is -1.71. The Morgan fingerprint density at radius 3 is 2.48 bits per heavy atom. The van der Waals surface area contributed by atoms with E-state index in [1.807, 2.05) is 30.3 Å². The van der Waals surface area contributed by atoms with Gasteiger partial charge in [-0.15, -0.1) is 0 Å². The summed E-state index contributed by atoms with van der Waals surface area (Å²) in [4.78, 5) is 12.2. The molecule has 3 nitrogen and oxygen atoms in total. The van der Waals surface area contributed by atoms with Crippen molar-refractivity contribution in [2.24, 2.45) is 0 Å². The second-order valence-electron chi connectivity index (χ2n) is 5.37. The van der Waals surface area contributed by atoms with Crippen LogP contribution in [0.1, 0.15) is 25.3 Å². The van der Waals surface area contributed by atoms with E-state index in [4.69, 9.17) is 27.9 Å². The maximum atomic E-state index is 12.2. The summed E-state index contributed by atoms with van der Waals surface area (Å²) in [7, 11) is 0. The molecule has 0 aliphatic rings. The van der Waals surface area contributed by atoms with Crippen LogP contribution in [0.25, 0.3) is 0 Å². The highest BCUT2D eigenvalue weighted by Gasteiger charge is 2.17. The minimum Gasteiger partial charge on any atom is -0.479 e. The van der Waals surface area contributed by atoms with Crippen LogP contribution < -0.4 is 10.1 Å². The highest BCUT2D eigenvalue weighted by molar-refractivity contribution is 6.42. The largest absolute Gasteiger partial charge is 0.479 e. The summed E-state index contributed by atoms with van der Waals surface area (Å²) in [5.41, 5.74) is 1.18. The van der Waals surface area contributed by atoms with Crippen LogP contribution in [0.15, 0.2) is 48.5 Å². The Balaban J connectivity index is 1.89. The highest BCUT2D eigenvalue weighted by Crippen LogP contribution is 2.32. The molecular formula is C18H19Cl2NO2. The van der Waals surface area contributed by atoms with E-state index < -0.39 is 6.10 Å². The summed E-state index contributed by atoms with van der Waals surface area (Å²) < 4.78 is 5.60. The molecule has 0 saturated carbocycles. The Morgan fingerprint density at radius 1 is 1.09 bits per heavy atom. The van der Waals surface area contributed by atoms with Crippen molar-refractivity contribution >= 4 is 29.1 Å². The zero-order valence-corrected chi connectivity index (χ0v) is 14.6. The lowest BCUT2D eigenvalue weighted by Crippen LogP contribution is -2.38. The first-order chi connectivity index (χ1) is 11.0. The molecule has 0 heterocycles. The first-order valence-corrected chi connectivity index (χ1v) is 8.18. The molecule has 0 aromatic heterocycles. The maximum absolute atomic E-state index is 12.2. The van der Waals surface area contributed by atoms with Gasteiger partial charge in [0.2, 0.25) is 0 Å². The molecule has 0 radical (unpaired) electrons. The number of carbonyl (C=O) groups excluding carboxylic acids is 1. The van der Waals surface area contributed by atoms with Gasteiger partial charge in [-0.1, -0.05) is 66.5 Å². The molecule has 5 heteroatoms. The van der Waals surface area contributed by atoms with Gasteiger partial charge in [-0.05, 0) is 30.5 Å². The number of carbonyl (C=O) groups is 1. The van der Waals surface area contributed by atoms with E-state index in [1.165, 1.54) is 5.56 Å². The van der Waals surface area contributed by atoms with Gasteiger partial charge in [0, 0.05) is 6.54 Å². The number of halogens is 2. The monoisotopic (exact) mass is 351 g/mol. The number of hydrogen-bond acceptors (Lipinski definition) is 2. The molecule has 1 amide bonds. The fraction of sp³-hybridized carbons (Fsp3) is 0.278. The lowest BCUT2D eigenvalue weighted by atomic mass is 10.0. The molecular weight excluding hydrogens is 333 g/mol. The SMILES string of the molecule is C[C@H](CNC(=O)[C@@H](C)Oc1cccc(Cl)c1Cl)c1ccccc1. The molecule has 2 atom stereocenters. The van der Waals surface area contributed by atoms with Crippen molar-refractivity contribution in [1.82, 2.24) is 5.32 Å². The van der Waals surface area contributed by atoms with E-state index in [1.54, 1.807) is 25.1 Å². The first-order valence-electron chi connectivity index (χ1n) is 7.42. The summed E-state index contributed by atoms with van der Waals surface area (Å²) in [6.07, 6.45) is -0.658. The molecule has 0 aliphatic carbocycles. The average Bonchev–Trinajstić information content (AvgIpc) is 2.57. The van der Waals surface area contributed by atoms with Crippen molar-refractivity contribution in [3.8, 4) is 5.75 Å². The van der Waals surface area contributed by atoms with Crippen LogP contribution in [-0.4, -0.2) is 18.6 Å². The molecule has 122 valence electrons. The van der Waals surface area contributed by atoms with Crippen molar-refractivity contribution in [3.05, 3.63) is 64.1 Å². The molecule has 0 fully saturated rings. The fourth-order valence-electron chi connectivity index (χ4n) is 2.12. The van der Waals surface area contributed by atoms with Crippen LogP contribution >= 0.6 is 23.2 Å². The van der Waals surface area contributed by atoms with E-state index in [-0.39, 0.29) is 11.8 Å². The van der Waals surface area contributed by atoms with Crippen molar-refractivity contribution < 1.29 is 9.53 Å². The number of hydrogen-bond donors (Lipinski definition) is 1. The van der Waals surface area contributed by atoms with Crippen molar-refractivity contribution in [3.63, 3.8) is 0 Å². The van der Waals surface area contributed by atoms with Crippen LogP contribution in [0.3, 0.4) is 0 Å². The van der Waals surface area contributed by atoms with E-state index in [0.29, 0.717) is 22.3 Å². The molecule has 23 heavy (non-hydrogen) atoms. The molecule has 0 unspecified atom stereocenters. The Labute approximate surface area is 146 Å². The molecule has 2 aromatic carbocycles. The second-order valence-corrected chi connectivity index (χ2v) is 6.15. The van der Waals surface area contributed by atoms with E-state index in [9.17, 15) is 4.79 Å². The summed E-state index contributed by atoms with van der Waals surface area (Å²) in [5.74, 6) is 0.434. The number of ether oxygens (including phenoxy) is 1. The van der Waals surface area contributed by atoms with Gasteiger partial charge in [0.25, 0.3) is 5.91 Å². The average molecular weight is 352 g/mol. The number of benzene rings is 2. The van der Waals surface area contributed by atoms with Gasteiger partial charge in [-0.25, -0.2) is 0 Å². The van der Waals surface area contributed by atoms with Gasteiger partial charge < -0.3 is 10.1 Å². The minimum atomic E-state index is -0.658. The van der Waals surface area contributed by atoms with Gasteiger partial charge >= 0.3 is 0 Å². The van der Waals surface area contributed by atoms with Crippen LogP contribution in [0.4, 0.5) is 0 Å². The second kappa shape index (κ2) is 8.23. The Bertz CT molecular complexity index is 661. The predicted octanol–water partition coefficient (Wildman–Crippen LogP) is 4.68. The standard InChI is InChI=1S/C18H19Cl2NO2/c1-12(14-7-4-3-5-8-14)11-21-18(22)13(2)23-16-10-6-9-15(19)17(16)20/h3-10,12-13H,11H2,1-2H3,(H,21,22)/t12-,13-/m1/s1. The molecule has 2 aromatic rings. The topological polar surface area (TPSA) is 38.3 Å². The third-order valence-electron chi connectivity index (χ3n) is 3.54. The predicted molar refractivity (Wildman–Crippen MR) is 94.4 cm³/mol. The van der Waals surface area contributed by atoms with Crippen LogP contribution in [0.5, 0.6) is 5.75 Å². The van der Waals surface area contributed by atoms with E-state index >= 15 is 0 Å². The van der Waals surface area contributed by atoms with Gasteiger partial charge in [0.15, 0.2) is 6.10 Å². The summed E-state index contributed by atoms with van der Waals surface area (Å²) in [6, 6.07) is 15.1. The molecule has 0 aliphatic heterocycles. The number of rotatable bonds is 6. The zero-order valence-electron chi connectivity index (χ0n) is 13.1. The van der Waals surface area contributed by atoms with Crippen molar-refractivity contribution in [2.45, 2.75) is 25.9 Å². The Kier molecular flexibility index (Phi) is 6.31. The van der Waals surface area contributed by atoms with Gasteiger partial charge in [0.1, 0.15) is 10.8 Å². The smallest absolute Gasteiger partial charge is 0.260 e. The summed E-state index contributed by atoms with van der Waals surface area (Å²) in [5, 5.41) is 3.60. The maximum Gasteiger partial charge on any atom is 0.260 e. The lowest BCUT2D eigenvalue weighted by molar-refractivity contribution is -0.127. The van der Waals surface area contributed by atoms with Crippen LogP contribution in [0, 0.1) is 0 Å². The van der Waals surface area contributed by atoms with Gasteiger partial charge in [0.05, 0.1) is 5.02 Å². The van der Waals surface area contributed by atoms with Gasteiger partial charge in [-0.3, -0.25) is 4.79 Å². The minimum absolute atomic E-state index is 0.191. The first kappa shape index (κ1) is 17.6. The molecule has 0 bridgehead atoms. The highest BCUT2D eigenvalue weighted by atomic mass is 35.5. The lowest BCUT2D eigenvalue weighted by Gasteiger charge is -2.18. The Morgan fingerprint density at radius 2 is 1.78 bits per heavy atom. The number of nitrogens with one attached hydrogen (secondary N) is 1. The van der Waals surface area contributed by atoms with Crippen molar-refractivity contribution in [2.75, 3.05) is 6.54 Å². The van der Waals surface area contributed by atoms with Crippen LogP contribution in [0.2, 0.25) is 10.0 Å². The van der Waals surface area contributed by atoms with E-state index in [2.05, 4.69) is 12.2 Å². The zero-order chi connectivity index (χ0) is 16.8. The van der Waals surface area contributed by atoms with E-state index in [0.717, 1.165) is 0 Å². The normalized spacial score (nSPS) is 13.2. The quantitative estimate of drug-likeness (QED) is 0.820. The molecule has 0 saturated heterocycles. The van der Waals surface area contributed by atoms with Crippen LogP contribution in [-0.2, 0) is 4.79 Å². The third kappa shape index (κ3) is 4.88. The summed E-state index contributed by atoms with van der Waals surface area (Å²) in [6.45, 7) is 4.29. The summed E-state index contributed by atoms with van der Waals surface area (Å²) >= 11 is 12.0. The fourth-order valence-corrected chi connectivity index (χ4v) is 2.45. The van der Waals surface area contributed by atoms with Gasteiger partial charge in [-0.2, -0.15) is 0 Å². The van der Waals surface area contributed by atoms with Crippen molar-refractivity contribution in [1.29, 1.82) is 0 Å². The molecule has 1 N–H and O–H groups in total. The molecule has 2 rings (SSSR count). The number of amides is 1. The molecule has 0 spiro atoms. The third-order valence-corrected chi connectivity index (χ3v) is 4.34.